The number of ether oxygens (including phenoxy) is 1. The standard InChI is InChI=1S/C17H28N4O4S/c1-5-21-8-6-7-13(21)10-19-17(22)14-9-11(2)12(3)15(16(14)25-4)20-26(18,23)24/h9,13,20H,5-8,10H2,1-4H3,(H,19,22)(H2,18,23,24). The molecule has 0 bridgehead atoms. The van der Waals surface area contributed by atoms with Gasteiger partial charge in [-0.1, -0.05) is 6.92 Å². The second-order valence-electron chi connectivity index (χ2n) is 6.56. The first-order valence-electron chi connectivity index (χ1n) is 8.68. The highest BCUT2D eigenvalue weighted by atomic mass is 32.2. The number of aryl methyl sites for hydroxylation is 1. The topological polar surface area (TPSA) is 114 Å². The normalized spacial score (nSPS) is 18.0. The van der Waals surface area contributed by atoms with Crippen LogP contribution in [0.25, 0.3) is 0 Å². The Morgan fingerprint density at radius 3 is 2.69 bits per heavy atom. The SMILES string of the molecule is CCN1CCCC1CNC(=O)c1cc(C)c(C)c(NS(N)(=O)=O)c1OC. The Hall–Kier alpha value is -1.84. The van der Waals surface area contributed by atoms with Crippen LogP contribution in [0.4, 0.5) is 5.69 Å². The first-order chi connectivity index (χ1) is 12.2. The van der Waals surface area contributed by atoms with Crippen LogP contribution in [0.5, 0.6) is 5.75 Å². The summed E-state index contributed by atoms with van der Waals surface area (Å²) in [6.07, 6.45) is 2.18. The minimum absolute atomic E-state index is 0.165. The summed E-state index contributed by atoms with van der Waals surface area (Å²) in [6, 6.07) is 2.02. The van der Waals surface area contributed by atoms with Crippen LogP contribution in [0.3, 0.4) is 0 Å². The number of carbonyl (C=O) groups is 1. The number of anilines is 1. The molecule has 8 nitrogen and oxygen atoms in total. The van der Waals surface area contributed by atoms with Crippen molar-refractivity contribution in [2.24, 2.45) is 5.14 Å². The molecule has 9 heteroatoms. The molecule has 1 fully saturated rings. The largest absolute Gasteiger partial charge is 0.494 e. The molecule has 1 unspecified atom stereocenters. The lowest BCUT2D eigenvalue weighted by Gasteiger charge is -2.23. The molecule has 0 spiro atoms. The lowest BCUT2D eigenvalue weighted by molar-refractivity contribution is 0.0938. The molecule has 4 N–H and O–H groups in total. The van der Waals surface area contributed by atoms with Crippen LogP contribution in [0, 0.1) is 13.8 Å². The first-order valence-corrected chi connectivity index (χ1v) is 10.2. The molecule has 0 aromatic heterocycles. The number of hydrogen-bond donors (Lipinski definition) is 3. The maximum Gasteiger partial charge on any atom is 0.296 e. The quantitative estimate of drug-likeness (QED) is 0.652. The Morgan fingerprint density at radius 2 is 2.12 bits per heavy atom. The molecule has 1 saturated heterocycles. The summed E-state index contributed by atoms with van der Waals surface area (Å²) >= 11 is 0. The van der Waals surface area contributed by atoms with Crippen molar-refractivity contribution >= 4 is 21.8 Å². The van der Waals surface area contributed by atoms with Crippen molar-refractivity contribution in [3.05, 3.63) is 22.8 Å². The van der Waals surface area contributed by atoms with E-state index in [9.17, 15) is 13.2 Å². The third-order valence-corrected chi connectivity index (χ3v) is 5.38. The van der Waals surface area contributed by atoms with Crippen molar-refractivity contribution in [3.63, 3.8) is 0 Å². The minimum Gasteiger partial charge on any atom is -0.494 e. The average Bonchev–Trinajstić information content (AvgIpc) is 3.03. The number of carbonyl (C=O) groups excluding carboxylic acids is 1. The summed E-state index contributed by atoms with van der Waals surface area (Å²) in [4.78, 5) is 15.1. The number of rotatable bonds is 7. The van der Waals surface area contributed by atoms with Gasteiger partial charge in [-0.05, 0) is 57.0 Å². The van der Waals surface area contributed by atoms with E-state index < -0.39 is 10.2 Å². The number of benzene rings is 1. The molecule has 0 aliphatic carbocycles. The van der Waals surface area contributed by atoms with Crippen LogP contribution in [0.2, 0.25) is 0 Å². The molecule has 146 valence electrons. The number of likely N-dealkylation sites (N-methyl/N-ethyl adjacent to an activating group) is 1. The molecule has 1 heterocycles. The van der Waals surface area contributed by atoms with Crippen molar-refractivity contribution in [2.45, 2.75) is 39.7 Å². The highest BCUT2D eigenvalue weighted by Gasteiger charge is 2.25. The van der Waals surface area contributed by atoms with Crippen LogP contribution >= 0.6 is 0 Å². The van der Waals surface area contributed by atoms with E-state index in [1.165, 1.54) is 7.11 Å². The number of nitrogens with one attached hydrogen (secondary N) is 2. The van der Waals surface area contributed by atoms with Gasteiger partial charge >= 0.3 is 0 Å². The van der Waals surface area contributed by atoms with Crippen LogP contribution in [0.1, 0.15) is 41.3 Å². The predicted molar refractivity (Wildman–Crippen MR) is 102 cm³/mol. The second kappa shape index (κ2) is 8.24. The monoisotopic (exact) mass is 384 g/mol. The molecule has 0 saturated carbocycles. The lowest BCUT2D eigenvalue weighted by atomic mass is 10.0. The van der Waals surface area contributed by atoms with E-state index in [-0.39, 0.29) is 22.9 Å². The zero-order valence-corrected chi connectivity index (χ0v) is 16.6. The van der Waals surface area contributed by atoms with Gasteiger partial charge in [-0.15, -0.1) is 0 Å². The van der Waals surface area contributed by atoms with Gasteiger partial charge in [0.25, 0.3) is 16.1 Å². The zero-order valence-electron chi connectivity index (χ0n) is 15.8. The Kier molecular flexibility index (Phi) is 6.48. The smallest absolute Gasteiger partial charge is 0.296 e. The minimum atomic E-state index is -4.00. The Labute approximate surface area is 155 Å². The second-order valence-corrected chi connectivity index (χ2v) is 7.85. The van der Waals surface area contributed by atoms with E-state index in [0.29, 0.717) is 18.2 Å². The number of nitrogens with zero attached hydrogens (tertiary/aromatic N) is 1. The van der Waals surface area contributed by atoms with E-state index in [1.807, 2.05) is 0 Å². The van der Waals surface area contributed by atoms with Crippen molar-refractivity contribution in [3.8, 4) is 5.75 Å². The highest BCUT2D eigenvalue weighted by molar-refractivity contribution is 7.90. The molecule has 1 amide bonds. The lowest BCUT2D eigenvalue weighted by Crippen LogP contribution is -2.40. The molecular weight excluding hydrogens is 356 g/mol. The van der Waals surface area contributed by atoms with Gasteiger partial charge in [0.1, 0.15) is 0 Å². The fraction of sp³-hybridized carbons (Fsp3) is 0.588. The van der Waals surface area contributed by atoms with Crippen molar-refractivity contribution in [2.75, 3.05) is 31.5 Å². The summed E-state index contributed by atoms with van der Waals surface area (Å²) in [7, 11) is -2.60. The predicted octanol–water partition coefficient (Wildman–Crippen LogP) is 1.14. The average molecular weight is 385 g/mol. The van der Waals surface area contributed by atoms with Crippen LogP contribution in [0.15, 0.2) is 6.07 Å². The van der Waals surface area contributed by atoms with Crippen LogP contribution in [-0.4, -0.2) is 52.0 Å². The van der Waals surface area contributed by atoms with E-state index in [1.54, 1.807) is 19.9 Å². The summed E-state index contributed by atoms with van der Waals surface area (Å²) in [6.45, 7) is 8.20. The van der Waals surface area contributed by atoms with Crippen molar-refractivity contribution < 1.29 is 17.9 Å². The Bertz CT molecular complexity index is 779. The van der Waals surface area contributed by atoms with Crippen molar-refractivity contribution in [1.82, 2.24) is 10.2 Å². The molecule has 0 radical (unpaired) electrons. The van der Waals surface area contributed by atoms with Gasteiger partial charge in [0, 0.05) is 12.6 Å². The maximum atomic E-state index is 12.7. The molecule has 1 atom stereocenters. The fourth-order valence-corrected chi connectivity index (χ4v) is 3.92. The molecular formula is C17H28N4O4S. The fourth-order valence-electron chi connectivity index (χ4n) is 3.39. The summed E-state index contributed by atoms with van der Waals surface area (Å²) in [5.74, 6) is -0.135. The zero-order chi connectivity index (χ0) is 19.5. The summed E-state index contributed by atoms with van der Waals surface area (Å²) in [5.41, 5.74) is 1.89. The van der Waals surface area contributed by atoms with Gasteiger partial charge in [0.15, 0.2) is 5.75 Å². The Morgan fingerprint density at radius 1 is 1.42 bits per heavy atom. The van der Waals surface area contributed by atoms with Crippen molar-refractivity contribution in [1.29, 1.82) is 0 Å². The van der Waals surface area contributed by atoms with E-state index in [4.69, 9.17) is 9.88 Å². The van der Waals surface area contributed by atoms with Crippen LogP contribution < -0.4 is 19.9 Å². The number of methoxy groups -OCH3 is 1. The Balaban J connectivity index is 2.28. The first kappa shape index (κ1) is 20.5. The van der Waals surface area contributed by atoms with E-state index in [2.05, 4.69) is 21.9 Å². The van der Waals surface area contributed by atoms with Gasteiger partial charge < -0.3 is 10.1 Å². The third-order valence-electron chi connectivity index (χ3n) is 4.90. The number of nitrogens with two attached hydrogens (primary N) is 1. The molecule has 1 aromatic carbocycles. The maximum absolute atomic E-state index is 12.7. The summed E-state index contributed by atoms with van der Waals surface area (Å²) in [5, 5.41) is 8.06. The molecule has 1 aliphatic heterocycles. The highest BCUT2D eigenvalue weighted by Crippen LogP contribution is 2.35. The van der Waals surface area contributed by atoms with Gasteiger partial charge in [-0.25, -0.2) is 5.14 Å². The molecule has 1 aromatic rings. The molecule has 2 rings (SSSR count). The molecule has 26 heavy (non-hydrogen) atoms. The van der Waals surface area contributed by atoms with Gasteiger partial charge in [-0.3, -0.25) is 14.4 Å². The van der Waals surface area contributed by atoms with Crippen LogP contribution in [-0.2, 0) is 10.2 Å². The number of amides is 1. The van der Waals surface area contributed by atoms with Gasteiger partial charge in [0.2, 0.25) is 0 Å². The number of hydrogen-bond acceptors (Lipinski definition) is 5. The molecule has 1 aliphatic rings. The van der Waals surface area contributed by atoms with E-state index in [0.717, 1.165) is 31.5 Å². The number of likely N-dealkylation sites (tertiary alicyclic amines) is 1. The van der Waals surface area contributed by atoms with Gasteiger partial charge in [-0.2, -0.15) is 8.42 Å². The van der Waals surface area contributed by atoms with E-state index >= 15 is 0 Å². The van der Waals surface area contributed by atoms with Gasteiger partial charge in [0.05, 0.1) is 18.4 Å². The third kappa shape index (κ3) is 4.66. The summed E-state index contributed by atoms with van der Waals surface area (Å²) < 4.78 is 30.6.